The number of carboxylic acids is 2. The monoisotopic (exact) mass is 475 g/mol. The zero-order valence-corrected chi connectivity index (χ0v) is 18.7. The van der Waals surface area contributed by atoms with Crippen molar-refractivity contribution in [3.8, 4) is 0 Å². The molecule has 14 heteroatoms. The molecule has 6 atom stereocenters. The summed E-state index contributed by atoms with van der Waals surface area (Å²) >= 11 is 0. The highest BCUT2D eigenvalue weighted by molar-refractivity contribution is 5.96. The molecule has 188 valence electrons. The van der Waals surface area contributed by atoms with Crippen LogP contribution in [0, 0.1) is 5.92 Å². The molecule has 0 saturated carbocycles. The number of aliphatic hydroxyl groups is 1. The standard InChI is InChI=1S/C19H33N5O9/c1-4-8(2)15(19(32)33)24-17(30)11(7-12(20)26)23-16(29)10(5-6-13(27)28)22-18(31)14(21)9(3)25/h8-11,14-15,25H,4-7,21H2,1-3H3,(H2,20,26)(H,22,31)(H,23,29)(H,24,30)(H,27,28)(H,32,33). The summed E-state index contributed by atoms with van der Waals surface area (Å²) in [5.41, 5.74) is 10.6. The van der Waals surface area contributed by atoms with Crippen molar-refractivity contribution < 1.29 is 44.1 Å². The predicted octanol–water partition coefficient (Wildman–Crippen LogP) is -2.98. The number of hydrogen-bond acceptors (Lipinski definition) is 8. The lowest BCUT2D eigenvalue weighted by Gasteiger charge is -2.26. The van der Waals surface area contributed by atoms with E-state index in [9.17, 15) is 39.0 Å². The molecule has 0 aliphatic rings. The van der Waals surface area contributed by atoms with Crippen molar-refractivity contribution >= 4 is 35.6 Å². The molecule has 0 saturated heterocycles. The van der Waals surface area contributed by atoms with Gasteiger partial charge in [0.05, 0.1) is 12.5 Å². The van der Waals surface area contributed by atoms with Crippen LogP contribution in [0.5, 0.6) is 0 Å². The first-order chi connectivity index (χ1) is 15.2. The molecule has 0 aromatic rings. The molecule has 33 heavy (non-hydrogen) atoms. The molecule has 0 fully saturated rings. The Bertz CT molecular complexity index is 743. The van der Waals surface area contributed by atoms with Gasteiger partial charge >= 0.3 is 11.9 Å². The summed E-state index contributed by atoms with van der Waals surface area (Å²) < 4.78 is 0. The third-order valence-electron chi connectivity index (χ3n) is 4.92. The number of rotatable bonds is 15. The molecule has 0 aliphatic heterocycles. The molecule has 0 rings (SSSR count). The van der Waals surface area contributed by atoms with Crippen LogP contribution in [-0.4, -0.2) is 81.2 Å². The number of hydrogen-bond donors (Lipinski definition) is 8. The van der Waals surface area contributed by atoms with Gasteiger partial charge in [0.2, 0.25) is 23.6 Å². The number of amides is 4. The lowest BCUT2D eigenvalue weighted by Crippen LogP contribution is -2.59. The van der Waals surface area contributed by atoms with E-state index in [1.165, 1.54) is 6.92 Å². The summed E-state index contributed by atoms with van der Waals surface area (Å²) in [6, 6.07) is -5.79. The van der Waals surface area contributed by atoms with E-state index in [1.807, 2.05) is 0 Å². The molecule has 0 aliphatic carbocycles. The zero-order valence-electron chi connectivity index (χ0n) is 18.7. The molecular weight excluding hydrogens is 442 g/mol. The Morgan fingerprint density at radius 2 is 1.39 bits per heavy atom. The summed E-state index contributed by atoms with van der Waals surface area (Å²) in [5.74, 6) is -7.02. The molecule has 10 N–H and O–H groups in total. The van der Waals surface area contributed by atoms with Gasteiger partial charge in [-0.05, 0) is 19.3 Å². The molecule has 4 amide bonds. The number of nitrogens with one attached hydrogen (secondary N) is 3. The number of nitrogens with two attached hydrogens (primary N) is 2. The van der Waals surface area contributed by atoms with Crippen molar-refractivity contribution in [1.82, 2.24) is 16.0 Å². The van der Waals surface area contributed by atoms with E-state index in [4.69, 9.17) is 16.6 Å². The zero-order chi connectivity index (χ0) is 25.9. The molecule has 0 bridgehead atoms. The topological polar surface area (TPSA) is 251 Å². The van der Waals surface area contributed by atoms with Crippen LogP contribution in [0.1, 0.15) is 46.5 Å². The van der Waals surface area contributed by atoms with Gasteiger partial charge in [-0.2, -0.15) is 0 Å². The molecule has 0 aromatic heterocycles. The van der Waals surface area contributed by atoms with E-state index in [-0.39, 0.29) is 0 Å². The van der Waals surface area contributed by atoms with Gasteiger partial charge in [0.25, 0.3) is 0 Å². The van der Waals surface area contributed by atoms with Gasteiger partial charge in [-0.3, -0.25) is 24.0 Å². The van der Waals surface area contributed by atoms with Gasteiger partial charge in [0, 0.05) is 6.42 Å². The second kappa shape index (κ2) is 14.0. The Hall–Kier alpha value is -3.26. The van der Waals surface area contributed by atoms with Gasteiger partial charge in [-0.1, -0.05) is 20.3 Å². The highest BCUT2D eigenvalue weighted by atomic mass is 16.4. The van der Waals surface area contributed by atoms with Gasteiger partial charge in [-0.25, -0.2) is 4.79 Å². The third-order valence-corrected chi connectivity index (χ3v) is 4.92. The molecule has 0 spiro atoms. The van der Waals surface area contributed by atoms with Crippen molar-refractivity contribution in [2.24, 2.45) is 17.4 Å². The first-order valence-electron chi connectivity index (χ1n) is 10.3. The lowest BCUT2D eigenvalue weighted by atomic mass is 9.98. The summed E-state index contributed by atoms with van der Waals surface area (Å²) in [5, 5.41) is 34.3. The van der Waals surface area contributed by atoms with Crippen LogP contribution in [0.15, 0.2) is 0 Å². The van der Waals surface area contributed by atoms with Gasteiger partial charge < -0.3 is 42.7 Å². The van der Waals surface area contributed by atoms with E-state index in [1.54, 1.807) is 13.8 Å². The van der Waals surface area contributed by atoms with E-state index in [2.05, 4.69) is 16.0 Å². The highest BCUT2D eigenvalue weighted by Gasteiger charge is 2.33. The number of carbonyl (C=O) groups excluding carboxylic acids is 4. The number of primary amides is 1. The molecule has 0 aromatic carbocycles. The van der Waals surface area contributed by atoms with Crippen LogP contribution in [0.4, 0.5) is 0 Å². The van der Waals surface area contributed by atoms with E-state index in [0.717, 1.165) is 0 Å². The molecule has 0 radical (unpaired) electrons. The molecule has 0 heterocycles. The lowest BCUT2D eigenvalue weighted by molar-refractivity contribution is -0.144. The fourth-order valence-corrected chi connectivity index (χ4v) is 2.64. The van der Waals surface area contributed by atoms with Crippen LogP contribution in [0.3, 0.4) is 0 Å². The summed E-state index contributed by atoms with van der Waals surface area (Å²) in [7, 11) is 0. The number of carboxylic acid groups (broad SMARTS) is 2. The van der Waals surface area contributed by atoms with Gasteiger partial charge in [-0.15, -0.1) is 0 Å². The summed E-state index contributed by atoms with van der Waals surface area (Å²) in [6.45, 7) is 4.53. The van der Waals surface area contributed by atoms with Crippen LogP contribution in [0.25, 0.3) is 0 Å². The van der Waals surface area contributed by atoms with Gasteiger partial charge in [0.15, 0.2) is 0 Å². The Morgan fingerprint density at radius 1 is 0.879 bits per heavy atom. The molecular formula is C19H33N5O9. The Kier molecular flexibility index (Phi) is 12.6. The van der Waals surface area contributed by atoms with E-state index >= 15 is 0 Å². The normalized spacial score (nSPS) is 16.3. The Balaban J connectivity index is 5.64. The fourth-order valence-electron chi connectivity index (χ4n) is 2.64. The first kappa shape index (κ1) is 29.7. The van der Waals surface area contributed by atoms with E-state index < -0.39 is 91.0 Å². The van der Waals surface area contributed by atoms with E-state index in [0.29, 0.717) is 6.42 Å². The number of carbonyl (C=O) groups is 6. The second-order valence-corrected chi connectivity index (χ2v) is 7.70. The molecule has 6 unspecified atom stereocenters. The first-order valence-corrected chi connectivity index (χ1v) is 10.3. The minimum absolute atomic E-state index is 0.394. The Morgan fingerprint density at radius 3 is 1.82 bits per heavy atom. The van der Waals surface area contributed by atoms with Crippen LogP contribution < -0.4 is 27.4 Å². The van der Waals surface area contributed by atoms with Crippen LogP contribution >= 0.6 is 0 Å². The summed E-state index contributed by atoms with van der Waals surface area (Å²) in [6.07, 6.45) is -2.47. The smallest absolute Gasteiger partial charge is 0.326 e. The largest absolute Gasteiger partial charge is 0.481 e. The maximum absolute atomic E-state index is 12.7. The highest BCUT2D eigenvalue weighted by Crippen LogP contribution is 2.09. The molecule has 14 nitrogen and oxygen atoms in total. The average Bonchev–Trinajstić information content (AvgIpc) is 2.71. The minimum atomic E-state index is -1.59. The maximum atomic E-state index is 12.7. The average molecular weight is 475 g/mol. The maximum Gasteiger partial charge on any atom is 0.326 e. The number of aliphatic carboxylic acids is 2. The fraction of sp³-hybridized carbons (Fsp3) is 0.684. The van der Waals surface area contributed by atoms with Crippen molar-refractivity contribution in [2.75, 3.05) is 0 Å². The van der Waals surface area contributed by atoms with Crippen molar-refractivity contribution in [1.29, 1.82) is 0 Å². The quantitative estimate of drug-likeness (QED) is 0.119. The Labute approximate surface area is 190 Å². The minimum Gasteiger partial charge on any atom is -0.481 e. The SMILES string of the molecule is CCC(C)C(NC(=O)C(CC(N)=O)NC(=O)C(CCC(=O)O)NC(=O)C(N)C(C)O)C(=O)O. The van der Waals surface area contributed by atoms with Crippen molar-refractivity contribution in [3.05, 3.63) is 0 Å². The third kappa shape index (κ3) is 10.7. The van der Waals surface area contributed by atoms with Crippen molar-refractivity contribution in [2.45, 2.75) is 76.7 Å². The van der Waals surface area contributed by atoms with Crippen LogP contribution in [-0.2, 0) is 28.8 Å². The van der Waals surface area contributed by atoms with Gasteiger partial charge in [0.1, 0.15) is 24.2 Å². The van der Waals surface area contributed by atoms with Crippen molar-refractivity contribution in [3.63, 3.8) is 0 Å². The second-order valence-electron chi connectivity index (χ2n) is 7.70. The number of aliphatic hydroxyl groups excluding tert-OH is 1. The van der Waals surface area contributed by atoms with Crippen LogP contribution in [0.2, 0.25) is 0 Å². The predicted molar refractivity (Wildman–Crippen MR) is 113 cm³/mol. The summed E-state index contributed by atoms with van der Waals surface area (Å²) in [4.78, 5) is 71.3.